The van der Waals surface area contributed by atoms with Crippen LogP contribution in [-0.2, 0) is 16.4 Å². The molecular weight excluding hydrogens is 344 g/mol. The van der Waals surface area contributed by atoms with E-state index < -0.39 is 10.0 Å². The van der Waals surface area contributed by atoms with Crippen molar-refractivity contribution in [3.8, 4) is 11.5 Å². The van der Waals surface area contributed by atoms with Gasteiger partial charge in [0.1, 0.15) is 16.4 Å². The lowest BCUT2D eigenvalue weighted by atomic mass is 10.1. The molecule has 0 aliphatic carbocycles. The van der Waals surface area contributed by atoms with Crippen LogP contribution < -0.4 is 9.47 Å². The second-order valence-electron chi connectivity index (χ2n) is 5.86. The van der Waals surface area contributed by atoms with Gasteiger partial charge < -0.3 is 14.0 Å². The third-order valence-corrected chi connectivity index (χ3v) is 6.36. The van der Waals surface area contributed by atoms with Crippen molar-refractivity contribution in [2.24, 2.45) is 0 Å². The van der Waals surface area contributed by atoms with Crippen molar-refractivity contribution < 1.29 is 22.4 Å². The molecule has 0 spiro atoms. The molecule has 8 heteroatoms. The molecular formula is C17H22N2O5S. The first kappa shape index (κ1) is 17.8. The van der Waals surface area contributed by atoms with E-state index in [9.17, 15) is 8.42 Å². The van der Waals surface area contributed by atoms with Crippen molar-refractivity contribution >= 4 is 10.0 Å². The number of aryl methyl sites for hydroxylation is 1. The molecule has 1 atom stereocenters. The molecule has 0 saturated carbocycles. The molecule has 1 aromatic heterocycles. The summed E-state index contributed by atoms with van der Waals surface area (Å²) < 4.78 is 43.8. The Bertz CT molecular complexity index is 846. The zero-order valence-corrected chi connectivity index (χ0v) is 15.4. The normalized spacial score (nSPS) is 18.4. The fraction of sp³-hybridized carbons (Fsp3) is 0.471. The molecule has 1 aliphatic heterocycles. The number of methoxy groups -OCH3 is 2. The largest absolute Gasteiger partial charge is 0.497 e. The predicted octanol–water partition coefficient (Wildman–Crippen LogP) is 2.78. The molecule has 0 amide bonds. The molecule has 1 aromatic carbocycles. The van der Waals surface area contributed by atoms with E-state index in [0.717, 1.165) is 18.5 Å². The van der Waals surface area contributed by atoms with Gasteiger partial charge in [-0.15, -0.1) is 0 Å². The van der Waals surface area contributed by atoms with Gasteiger partial charge in [-0.1, -0.05) is 12.1 Å². The number of hydrogen-bond donors (Lipinski definition) is 0. The van der Waals surface area contributed by atoms with E-state index in [1.807, 2.05) is 13.0 Å². The fourth-order valence-electron chi connectivity index (χ4n) is 3.08. The summed E-state index contributed by atoms with van der Waals surface area (Å²) in [7, 11) is -0.820. The van der Waals surface area contributed by atoms with E-state index in [1.165, 1.54) is 24.6 Å². The van der Waals surface area contributed by atoms with E-state index >= 15 is 0 Å². The molecule has 2 aromatic rings. The van der Waals surface area contributed by atoms with Gasteiger partial charge in [0.2, 0.25) is 10.0 Å². The first-order valence-corrected chi connectivity index (χ1v) is 9.64. The zero-order chi connectivity index (χ0) is 18.0. The average Bonchev–Trinajstić information content (AvgIpc) is 3.29. The highest BCUT2D eigenvalue weighted by Crippen LogP contribution is 2.39. The molecule has 25 heavy (non-hydrogen) atoms. The third kappa shape index (κ3) is 3.23. The van der Waals surface area contributed by atoms with Crippen molar-refractivity contribution in [2.75, 3.05) is 20.8 Å². The van der Waals surface area contributed by atoms with Gasteiger partial charge in [-0.2, -0.15) is 4.31 Å². The first-order chi connectivity index (χ1) is 12.0. The summed E-state index contributed by atoms with van der Waals surface area (Å²) in [5.41, 5.74) is 0.818. The molecule has 0 bridgehead atoms. The van der Waals surface area contributed by atoms with E-state index in [4.69, 9.17) is 14.0 Å². The maximum atomic E-state index is 13.3. The summed E-state index contributed by atoms with van der Waals surface area (Å²) in [5, 5.41) is 3.99. The molecule has 0 radical (unpaired) electrons. The van der Waals surface area contributed by atoms with Crippen LogP contribution in [0.4, 0.5) is 0 Å². The van der Waals surface area contributed by atoms with Gasteiger partial charge in [-0.3, -0.25) is 0 Å². The second kappa shape index (κ2) is 7.05. The number of benzene rings is 1. The molecule has 1 fully saturated rings. The van der Waals surface area contributed by atoms with Gasteiger partial charge in [-0.05, 0) is 31.4 Å². The number of nitrogens with zero attached hydrogens (tertiary/aromatic N) is 2. The Balaban J connectivity index is 2.01. The quantitative estimate of drug-likeness (QED) is 0.782. The lowest BCUT2D eigenvalue weighted by Gasteiger charge is -2.23. The minimum atomic E-state index is -3.77. The van der Waals surface area contributed by atoms with E-state index in [2.05, 4.69) is 5.16 Å². The van der Waals surface area contributed by atoms with Crippen LogP contribution in [0.2, 0.25) is 0 Å². The minimum Gasteiger partial charge on any atom is -0.497 e. The Morgan fingerprint density at radius 1 is 1.28 bits per heavy atom. The Labute approximate surface area is 147 Å². The number of ether oxygens (including phenoxy) is 2. The van der Waals surface area contributed by atoms with Crippen LogP contribution in [0.15, 0.2) is 33.7 Å². The van der Waals surface area contributed by atoms with Crippen LogP contribution in [0.25, 0.3) is 0 Å². The molecule has 0 N–H and O–H groups in total. The van der Waals surface area contributed by atoms with Gasteiger partial charge in [0.25, 0.3) is 0 Å². The average molecular weight is 366 g/mol. The van der Waals surface area contributed by atoms with Gasteiger partial charge in [0, 0.05) is 18.7 Å². The SMILES string of the molecule is CCc1cc(C2CCCN2S(=O)(=O)c2cc(OC)ccc2OC)on1. The van der Waals surface area contributed by atoms with Crippen LogP contribution in [0, 0.1) is 0 Å². The van der Waals surface area contributed by atoms with E-state index in [-0.39, 0.29) is 10.9 Å². The maximum Gasteiger partial charge on any atom is 0.247 e. The van der Waals surface area contributed by atoms with Crippen molar-refractivity contribution in [1.82, 2.24) is 9.46 Å². The van der Waals surface area contributed by atoms with Gasteiger partial charge in [0.15, 0.2) is 5.76 Å². The summed E-state index contributed by atoms with van der Waals surface area (Å²) in [6.07, 6.45) is 2.20. The highest BCUT2D eigenvalue weighted by molar-refractivity contribution is 7.89. The highest BCUT2D eigenvalue weighted by Gasteiger charge is 2.39. The number of rotatable bonds is 6. The van der Waals surface area contributed by atoms with Gasteiger partial charge in [0.05, 0.1) is 26.0 Å². The topological polar surface area (TPSA) is 81.9 Å². The zero-order valence-electron chi connectivity index (χ0n) is 14.6. The number of sulfonamides is 1. The predicted molar refractivity (Wildman–Crippen MR) is 91.3 cm³/mol. The fourth-order valence-corrected chi connectivity index (χ4v) is 4.91. The summed E-state index contributed by atoms with van der Waals surface area (Å²) in [6, 6.07) is 6.24. The van der Waals surface area contributed by atoms with Gasteiger partial charge in [-0.25, -0.2) is 8.42 Å². The van der Waals surface area contributed by atoms with Crippen LogP contribution in [0.1, 0.15) is 37.3 Å². The lowest BCUT2D eigenvalue weighted by Crippen LogP contribution is -2.30. The molecule has 7 nitrogen and oxygen atoms in total. The molecule has 2 heterocycles. The highest BCUT2D eigenvalue weighted by atomic mass is 32.2. The Morgan fingerprint density at radius 3 is 2.72 bits per heavy atom. The molecule has 136 valence electrons. The van der Waals surface area contributed by atoms with Gasteiger partial charge >= 0.3 is 0 Å². The number of aromatic nitrogens is 1. The van der Waals surface area contributed by atoms with E-state index in [0.29, 0.717) is 30.2 Å². The third-order valence-electron chi connectivity index (χ3n) is 4.43. The first-order valence-electron chi connectivity index (χ1n) is 8.20. The lowest BCUT2D eigenvalue weighted by molar-refractivity contribution is 0.295. The molecule has 1 aliphatic rings. The summed E-state index contributed by atoms with van der Waals surface area (Å²) in [6.45, 7) is 2.40. The smallest absolute Gasteiger partial charge is 0.247 e. The molecule has 3 rings (SSSR count). The summed E-state index contributed by atoms with van der Waals surface area (Å²) >= 11 is 0. The standard InChI is InChI=1S/C17H22N2O5S/c1-4-12-10-16(24-18-12)14-6-5-9-19(14)25(20,21)17-11-13(22-2)7-8-15(17)23-3/h7-8,10-11,14H,4-6,9H2,1-3H3. The summed E-state index contributed by atoms with van der Waals surface area (Å²) in [5.74, 6) is 1.33. The second-order valence-corrected chi connectivity index (χ2v) is 7.72. The summed E-state index contributed by atoms with van der Waals surface area (Å²) in [4.78, 5) is 0.0940. The van der Waals surface area contributed by atoms with Crippen molar-refractivity contribution in [2.45, 2.75) is 37.1 Å². The Hall–Kier alpha value is -2.06. The molecule has 1 saturated heterocycles. The maximum absolute atomic E-state index is 13.3. The Morgan fingerprint density at radius 2 is 2.08 bits per heavy atom. The van der Waals surface area contributed by atoms with Crippen LogP contribution in [0.5, 0.6) is 11.5 Å². The van der Waals surface area contributed by atoms with Crippen LogP contribution in [0.3, 0.4) is 0 Å². The Kier molecular flexibility index (Phi) is 5.01. The van der Waals surface area contributed by atoms with Crippen LogP contribution in [-0.4, -0.2) is 38.6 Å². The molecule has 1 unspecified atom stereocenters. The van der Waals surface area contributed by atoms with E-state index in [1.54, 1.807) is 12.1 Å². The van der Waals surface area contributed by atoms with Crippen molar-refractivity contribution in [3.63, 3.8) is 0 Å². The monoisotopic (exact) mass is 366 g/mol. The van der Waals surface area contributed by atoms with Crippen LogP contribution >= 0.6 is 0 Å². The van der Waals surface area contributed by atoms with Crippen molar-refractivity contribution in [1.29, 1.82) is 0 Å². The number of hydrogen-bond acceptors (Lipinski definition) is 6. The minimum absolute atomic E-state index is 0.0940. The van der Waals surface area contributed by atoms with Crippen molar-refractivity contribution in [3.05, 3.63) is 35.7 Å².